The minimum atomic E-state index is -0.418. The smallest absolute Gasteiger partial charge is 0.173 e. The average Bonchev–Trinajstić information content (AvgIpc) is 3.50. The third kappa shape index (κ3) is 4.49. The number of hydrogen-bond acceptors (Lipinski definition) is 6. The highest BCUT2D eigenvalue weighted by Crippen LogP contribution is 2.32. The van der Waals surface area contributed by atoms with E-state index in [1.165, 1.54) is 11.6 Å². The number of halogens is 2. The predicted octanol–water partition coefficient (Wildman–Crippen LogP) is 4.33. The molecule has 0 aliphatic carbocycles. The predicted molar refractivity (Wildman–Crippen MR) is 124 cm³/mol. The Balaban J connectivity index is 1.44. The van der Waals surface area contributed by atoms with Crippen LogP contribution in [0.3, 0.4) is 0 Å². The van der Waals surface area contributed by atoms with E-state index in [1.807, 2.05) is 36.4 Å². The number of nitrogens with zero attached hydrogens (tertiary/aromatic N) is 6. The van der Waals surface area contributed by atoms with Gasteiger partial charge in [-0.25, -0.2) is 9.07 Å². The van der Waals surface area contributed by atoms with Gasteiger partial charge in [-0.3, -0.25) is 4.90 Å². The Morgan fingerprint density at radius 3 is 2.64 bits per heavy atom. The fourth-order valence-electron chi connectivity index (χ4n) is 4.41. The molecule has 2 aromatic carbocycles. The summed E-state index contributed by atoms with van der Waals surface area (Å²) in [5, 5.41) is 13.1. The van der Waals surface area contributed by atoms with Gasteiger partial charge in [0.05, 0.1) is 6.26 Å². The number of benzene rings is 2. The quantitative estimate of drug-likeness (QED) is 0.421. The third-order valence-corrected chi connectivity index (χ3v) is 6.32. The summed E-state index contributed by atoms with van der Waals surface area (Å²) in [6.07, 6.45) is 1.62. The first-order valence-electron chi connectivity index (χ1n) is 10.9. The highest BCUT2D eigenvalue weighted by atomic mass is 35.5. The van der Waals surface area contributed by atoms with Crippen LogP contribution in [-0.4, -0.2) is 51.3 Å². The number of piperazine rings is 1. The van der Waals surface area contributed by atoms with Gasteiger partial charge in [0, 0.05) is 42.5 Å². The van der Waals surface area contributed by atoms with Gasteiger partial charge in [0.15, 0.2) is 5.82 Å². The van der Waals surface area contributed by atoms with Crippen LogP contribution in [0.25, 0.3) is 0 Å². The van der Waals surface area contributed by atoms with Crippen molar-refractivity contribution in [1.29, 1.82) is 0 Å². The second kappa shape index (κ2) is 9.33. The van der Waals surface area contributed by atoms with E-state index >= 15 is 0 Å². The lowest BCUT2D eigenvalue weighted by molar-refractivity contribution is 0.197. The Kier molecular flexibility index (Phi) is 6.11. The van der Waals surface area contributed by atoms with E-state index in [0.717, 1.165) is 42.6 Å². The van der Waals surface area contributed by atoms with Crippen LogP contribution in [0.15, 0.2) is 65.3 Å². The topological polar surface area (TPSA) is 63.2 Å². The molecule has 0 radical (unpaired) electrons. The van der Waals surface area contributed by atoms with Crippen molar-refractivity contribution in [2.45, 2.75) is 19.5 Å². The van der Waals surface area contributed by atoms with Crippen LogP contribution in [0.5, 0.6) is 0 Å². The summed E-state index contributed by atoms with van der Waals surface area (Å²) < 4.78 is 22.1. The molecule has 0 saturated carbocycles. The zero-order valence-corrected chi connectivity index (χ0v) is 19.0. The number of aromatic nitrogens is 4. The van der Waals surface area contributed by atoms with Crippen molar-refractivity contribution in [1.82, 2.24) is 25.1 Å². The van der Waals surface area contributed by atoms with Crippen molar-refractivity contribution in [3.63, 3.8) is 0 Å². The molecule has 9 heteroatoms. The van der Waals surface area contributed by atoms with E-state index < -0.39 is 6.04 Å². The van der Waals surface area contributed by atoms with Crippen molar-refractivity contribution < 1.29 is 8.81 Å². The maximum atomic E-state index is 15.0. The van der Waals surface area contributed by atoms with Gasteiger partial charge in [-0.2, -0.15) is 0 Å². The Labute approximate surface area is 196 Å². The summed E-state index contributed by atoms with van der Waals surface area (Å²) in [4.78, 5) is 4.56. The molecule has 3 heterocycles. The molecule has 1 aliphatic heterocycles. The van der Waals surface area contributed by atoms with E-state index in [4.69, 9.17) is 16.0 Å². The van der Waals surface area contributed by atoms with Crippen LogP contribution >= 0.6 is 11.6 Å². The fourth-order valence-corrected chi connectivity index (χ4v) is 4.58. The summed E-state index contributed by atoms with van der Waals surface area (Å²) >= 11 is 6.24. The van der Waals surface area contributed by atoms with E-state index in [0.29, 0.717) is 17.9 Å². The number of tetrazole rings is 1. The van der Waals surface area contributed by atoms with Crippen molar-refractivity contribution in [2.24, 2.45) is 0 Å². The minimum Gasteiger partial charge on any atom is -0.467 e. The fraction of sp³-hybridized carbons (Fsp3) is 0.292. The van der Waals surface area contributed by atoms with Gasteiger partial charge >= 0.3 is 0 Å². The number of aryl methyl sites for hydroxylation is 1. The molecule has 4 aromatic rings. The Bertz CT molecular complexity index is 1220. The Morgan fingerprint density at radius 2 is 1.88 bits per heavy atom. The molecule has 1 saturated heterocycles. The minimum absolute atomic E-state index is 0.275. The number of hydrogen-bond donors (Lipinski definition) is 0. The van der Waals surface area contributed by atoms with E-state index in [-0.39, 0.29) is 5.82 Å². The van der Waals surface area contributed by atoms with Crippen LogP contribution in [0, 0.1) is 12.7 Å². The van der Waals surface area contributed by atoms with Crippen LogP contribution in [0.1, 0.15) is 28.8 Å². The molecule has 5 rings (SSSR count). The number of furan rings is 1. The zero-order chi connectivity index (χ0) is 22.8. The van der Waals surface area contributed by atoms with Gasteiger partial charge in [-0.15, -0.1) is 5.10 Å². The number of anilines is 1. The normalized spacial score (nSPS) is 15.7. The Morgan fingerprint density at radius 1 is 1.06 bits per heavy atom. The average molecular weight is 467 g/mol. The molecule has 0 amide bonds. The van der Waals surface area contributed by atoms with Crippen molar-refractivity contribution >= 4 is 17.3 Å². The monoisotopic (exact) mass is 466 g/mol. The summed E-state index contributed by atoms with van der Waals surface area (Å²) in [5.74, 6) is 1.05. The molecule has 1 unspecified atom stereocenters. The molecule has 7 nitrogen and oxygen atoms in total. The molecule has 1 fully saturated rings. The van der Waals surface area contributed by atoms with Crippen LogP contribution in [0.4, 0.5) is 10.1 Å². The third-order valence-electron chi connectivity index (χ3n) is 6.08. The molecule has 170 valence electrons. The second-order valence-corrected chi connectivity index (χ2v) is 8.59. The maximum Gasteiger partial charge on any atom is 0.173 e. The van der Waals surface area contributed by atoms with Gasteiger partial charge in [0.2, 0.25) is 0 Å². The molecule has 0 bridgehead atoms. The van der Waals surface area contributed by atoms with Gasteiger partial charge in [0.1, 0.15) is 24.2 Å². The molecule has 33 heavy (non-hydrogen) atoms. The first-order chi connectivity index (χ1) is 16.1. The molecular formula is C24H24ClFN6O. The van der Waals surface area contributed by atoms with Gasteiger partial charge < -0.3 is 9.32 Å². The summed E-state index contributed by atoms with van der Waals surface area (Å²) in [6.45, 7) is 5.47. The van der Waals surface area contributed by atoms with E-state index in [9.17, 15) is 4.39 Å². The summed E-state index contributed by atoms with van der Waals surface area (Å²) in [7, 11) is 0. The molecule has 2 aromatic heterocycles. The van der Waals surface area contributed by atoms with E-state index in [2.05, 4.69) is 32.2 Å². The molecular weight excluding hydrogens is 443 g/mol. The lowest BCUT2D eigenvalue weighted by atomic mass is 10.0. The van der Waals surface area contributed by atoms with Gasteiger partial charge in [0.25, 0.3) is 0 Å². The summed E-state index contributed by atoms with van der Waals surface area (Å²) in [6, 6.07) is 16.1. The zero-order valence-electron chi connectivity index (χ0n) is 18.2. The molecule has 1 atom stereocenters. The standard InChI is InChI=1S/C24H24ClFN6O/c1-17-8-9-18(25)15-22(17)30-10-12-31(13-11-30)23(20-6-2-3-7-21(20)26)24-27-28-29-32(24)16-19-5-4-14-33-19/h2-9,14-15,23H,10-13,16H2,1H3. The Hall–Kier alpha value is -3.23. The second-order valence-electron chi connectivity index (χ2n) is 8.15. The SMILES string of the molecule is Cc1ccc(Cl)cc1N1CCN(C(c2ccccc2F)c2nnnn2Cc2ccco2)CC1. The lowest BCUT2D eigenvalue weighted by Gasteiger charge is -2.40. The van der Waals surface area contributed by atoms with E-state index in [1.54, 1.807) is 23.1 Å². The van der Waals surface area contributed by atoms with Crippen LogP contribution in [-0.2, 0) is 6.54 Å². The van der Waals surface area contributed by atoms with Crippen LogP contribution < -0.4 is 4.90 Å². The largest absolute Gasteiger partial charge is 0.467 e. The number of rotatable bonds is 6. The molecule has 0 spiro atoms. The first kappa shape index (κ1) is 21.6. The maximum absolute atomic E-state index is 15.0. The lowest BCUT2D eigenvalue weighted by Crippen LogP contribution is -2.48. The van der Waals surface area contributed by atoms with Gasteiger partial charge in [-0.05, 0) is 53.2 Å². The highest BCUT2D eigenvalue weighted by molar-refractivity contribution is 6.30. The molecule has 0 N–H and O–H groups in total. The highest BCUT2D eigenvalue weighted by Gasteiger charge is 2.32. The molecule has 1 aliphatic rings. The van der Waals surface area contributed by atoms with Crippen molar-refractivity contribution in [3.05, 3.63) is 94.4 Å². The van der Waals surface area contributed by atoms with Gasteiger partial charge in [-0.1, -0.05) is 35.9 Å². The van der Waals surface area contributed by atoms with Crippen molar-refractivity contribution in [2.75, 3.05) is 31.1 Å². The summed E-state index contributed by atoms with van der Waals surface area (Å²) in [5.41, 5.74) is 2.87. The van der Waals surface area contributed by atoms with Crippen molar-refractivity contribution in [3.8, 4) is 0 Å². The first-order valence-corrected chi connectivity index (χ1v) is 11.3. The van der Waals surface area contributed by atoms with Crippen LogP contribution in [0.2, 0.25) is 5.02 Å².